The van der Waals surface area contributed by atoms with E-state index in [0.29, 0.717) is 39.8 Å². The average molecular weight is 369 g/mol. The van der Waals surface area contributed by atoms with Crippen molar-refractivity contribution in [1.82, 2.24) is 15.4 Å². The van der Waals surface area contributed by atoms with Gasteiger partial charge < -0.3 is 24.1 Å². The Labute approximate surface area is 153 Å². The Morgan fingerprint density at radius 3 is 2.48 bits per heavy atom. The molecular formula is C18H15N3O6. The summed E-state index contributed by atoms with van der Waals surface area (Å²) in [6, 6.07) is 8.32. The molecule has 2 heterocycles. The predicted molar refractivity (Wildman–Crippen MR) is 93.4 cm³/mol. The van der Waals surface area contributed by atoms with Crippen molar-refractivity contribution in [3.8, 4) is 45.5 Å². The molecular weight excluding hydrogens is 354 g/mol. The molecule has 9 nitrogen and oxygen atoms in total. The van der Waals surface area contributed by atoms with E-state index in [9.17, 15) is 9.90 Å². The third kappa shape index (κ3) is 2.78. The number of methoxy groups -OCH3 is 2. The number of aromatic nitrogens is 3. The zero-order chi connectivity index (χ0) is 19.0. The molecule has 0 saturated heterocycles. The summed E-state index contributed by atoms with van der Waals surface area (Å²) in [6.45, 7) is 0.112. The molecule has 0 saturated carbocycles. The smallest absolute Gasteiger partial charge is 0.339 e. The second-order valence-corrected chi connectivity index (χ2v) is 5.65. The Morgan fingerprint density at radius 1 is 1.04 bits per heavy atom. The van der Waals surface area contributed by atoms with Crippen LogP contribution in [0.1, 0.15) is 10.4 Å². The van der Waals surface area contributed by atoms with Gasteiger partial charge in [-0.1, -0.05) is 0 Å². The molecule has 9 heteroatoms. The highest BCUT2D eigenvalue weighted by Crippen LogP contribution is 2.45. The zero-order valence-corrected chi connectivity index (χ0v) is 14.5. The van der Waals surface area contributed by atoms with Gasteiger partial charge in [0.2, 0.25) is 12.5 Å². The second kappa shape index (κ2) is 6.52. The van der Waals surface area contributed by atoms with E-state index in [-0.39, 0.29) is 18.1 Å². The fourth-order valence-corrected chi connectivity index (χ4v) is 2.92. The molecule has 0 radical (unpaired) electrons. The number of benzene rings is 2. The van der Waals surface area contributed by atoms with Crippen molar-refractivity contribution in [3.63, 3.8) is 0 Å². The molecule has 27 heavy (non-hydrogen) atoms. The molecule has 3 aromatic rings. The molecule has 0 unspecified atom stereocenters. The average Bonchev–Trinajstić information content (AvgIpc) is 3.35. The van der Waals surface area contributed by atoms with E-state index >= 15 is 0 Å². The van der Waals surface area contributed by atoms with Gasteiger partial charge >= 0.3 is 5.97 Å². The number of fused-ring (bicyclic) bond motifs is 1. The topological polar surface area (TPSA) is 116 Å². The molecule has 0 atom stereocenters. The summed E-state index contributed by atoms with van der Waals surface area (Å²) in [4.78, 5) is 11.5. The molecule has 0 aliphatic carbocycles. The third-order valence-electron chi connectivity index (χ3n) is 4.18. The number of H-pyrrole nitrogens is 1. The number of nitrogens with zero attached hydrogens (tertiary/aromatic N) is 2. The lowest BCUT2D eigenvalue weighted by atomic mass is 10.0. The molecule has 1 aliphatic rings. The van der Waals surface area contributed by atoms with Crippen LogP contribution in [0.2, 0.25) is 0 Å². The maximum Gasteiger partial charge on any atom is 0.339 e. The summed E-state index contributed by atoms with van der Waals surface area (Å²) in [5, 5.41) is 20.4. The van der Waals surface area contributed by atoms with Crippen molar-refractivity contribution in [2.75, 3.05) is 21.0 Å². The SMILES string of the molecule is COc1ccc(-c2n[nH]nc2-c2cc(OC)c3c(c2)OCO3)cc1C(=O)O. The van der Waals surface area contributed by atoms with Crippen molar-refractivity contribution < 1.29 is 28.8 Å². The van der Waals surface area contributed by atoms with E-state index in [1.54, 1.807) is 24.3 Å². The number of carboxylic acid groups (broad SMARTS) is 1. The van der Waals surface area contributed by atoms with Crippen molar-refractivity contribution in [1.29, 1.82) is 0 Å². The first-order valence-electron chi connectivity index (χ1n) is 7.93. The summed E-state index contributed by atoms with van der Waals surface area (Å²) in [6.07, 6.45) is 0. The monoisotopic (exact) mass is 369 g/mol. The van der Waals surface area contributed by atoms with Crippen molar-refractivity contribution >= 4 is 5.97 Å². The van der Waals surface area contributed by atoms with Gasteiger partial charge in [0.15, 0.2) is 11.5 Å². The van der Waals surface area contributed by atoms with Gasteiger partial charge in [0.25, 0.3) is 0 Å². The van der Waals surface area contributed by atoms with Crippen LogP contribution in [0.15, 0.2) is 30.3 Å². The fraction of sp³-hybridized carbons (Fsp3) is 0.167. The molecule has 0 bridgehead atoms. The maximum absolute atomic E-state index is 11.5. The van der Waals surface area contributed by atoms with Gasteiger partial charge in [0.1, 0.15) is 22.7 Å². The first kappa shape index (κ1) is 16.7. The first-order chi connectivity index (χ1) is 13.1. The number of hydrogen-bond acceptors (Lipinski definition) is 7. The zero-order valence-electron chi connectivity index (χ0n) is 14.5. The van der Waals surface area contributed by atoms with Gasteiger partial charge in [0, 0.05) is 11.1 Å². The van der Waals surface area contributed by atoms with Gasteiger partial charge in [-0.15, -0.1) is 0 Å². The molecule has 4 rings (SSSR count). The largest absolute Gasteiger partial charge is 0.496 e. The van der Waals surface area contributed by atoms with Crippen LogP contribution in [-0.2, 0) is 0 Å². The summed E-state index contributed by atoms with van der Waals surface area (Å²) in [7, 11) is 2.95. The summed E-state index contributed by atoms with van der Waals surface area (Å²) < 4.78 is 21.3. The summed E-state index contributed by atoms with van der Waals surface area (Å²) in [5.41, 5.74) is 2.31. The minimum Gasteiger partial charge on any atom is -0.496 e. The van der Waals surface area contributed by atoms with Gasteiger partial charge in [-0.25, -0.2) is 4.79 Å². The van der Waals surface area contributed by atoms with Crippen LogP contribution in [-0.4, -0.2) is 47.5 Å². The number of carbonyl (C=O) groups is 1. The standard InChI is InChI=1S/C18H15N3O6/c1-24-12-4-3-9(5-11(12)18(22)23)15-16(20-21-19-15)10-6-13(25-2)17-14(7-10)26-8-27-17/h3-7H,8H2,1-2H3,(H,22,23)(H,19,20,21). The molecule has 0 spiro atoms. The second-order valence-electron chi connectivity index (χ2n) is 5.65. The minimum atomic E-state index is -1.09. The van der Waals surface area contributed by atoms with Crippen molar-refractivity contribution in [3.05, 3.63) is 35.9 Å². The molecule has 138 valence electrons. The van der Waals surface area contributed by atoms with Gasteiger partial charge in [0.05, 0.1) is 14.2 Å². The molecule has 1 aliphatic heterocycles. The molecule has 2 aromatic carbocycles. The van der Waals surface area contributed by atoms with E-state index in [1.807, 2.05) is 0 Å². The Balaban J connectivity index is 1.83. The molecule has 2 N–H and O–H groups in total. The van der Waals surface area contributed by atoms with Crippen LogP contribution in [0.4, 0.5) is 0 Å². The lowest BCUT2D eigenvalue weighted by Gasteiger charge is -2.09. The number of aromatic amines is 1. The van der Waals surface area contributed by atoms with E-state index < -0.39 is 5.97 Å². The van der Waals surface area contributed by atoms with Gasteiger partial charge in [-0.05, 0) is 30.3 Å². The van der Waals surface area contributed by atoms with Crippen LogP contribution >= 0.6 is 0 Å². The first-order valence-corrected chi connectivity index (χ1v) is 7.93. The number of rotatable bonds is 5. The lowest BCUT2D eigenvalue weighted by molar-refractivity contribution is 0.0693. The van der Waals surface area contributed by atoms with Crippen LogP contribution in [0, 0.1) is 0 Å². The van der Waals surface area contributed by atoms with E-state index in [4.69, 9.17) is 18.9 Å². The van der Waals surface area contributed by atoms with Gasteiger partial charge in [-0.3, -0.25) is 0 Å². The highest BCUT2D eigenvalue weighted by Gasteiger charge is 2.23. The van der Waals surface area contributed by atoms with Crippen LogP contribution < -0.4 is 18.9 Å². The Hall–Kier alpha value is -3.75. The van der Waals surface area contributed by atoms with Crippen LogP contribution in [0.25, 0.3) is 22.5 Å². The normalized spacial score (nSPS) is 12.1. The Kier molecular flexibility index (Phi) is 4.03. The number of carboxylic acids is 1. The third-order valence-corrected chi connectivity index (χ3v) is 4.18. The molecule has 0 amide bonds. The lowest BCUT2D eigenvalue weighted by Crippen LogP contribution is -2.01. The summed E-state index contributed by atoms with van der Waals surface area (Å²) in [5.74, 6) is 0.752. The quantitative estimate of drug-likeness (QED) is 0.705. The highest BCUT2D eigenvalue weighted by molar-refractivity contribution is 5.93. The summed E-state index contributed by atoms with van der Waals surface area (Å²) >= 11 is 0. The van der Waals surface area contributed by atoms with E-state index in [2.05, 4.69) is 15.4 Å². The molecule has 1 aromatic heterocycles. The molecule has 0 fully saturated rings. The number of aromatic carboxylic acids is 1. The van der Waals surface area contributed by atoms with E-state index in [0.717, 1.165) is 0 Å². The van der Waals surface area contributed by atoms with Crippen molar-refractivity contribution in [2.24, 2.45) is 0 Å². The van der Waals surface area contributed by atoms with Crippen LogP contribution in [0.5, 0.6) is 23.0 Å². The number of ether oxygens (including phenoxy) is 4. The Morgan fingerprint density at radius 2 is 1.78 bits per heavy atom. The highest BCUT2D eigenvalue weighted by atomic mass is 16.7. The van der Waals surface area contributed by atoms with Crippen LogP contribution in [0.3, 0.4) is 0 Å². The van der Waals surface area contributed by atoms with Crippen molar-refractivity contribution in [2.45, 2.75) is 0 Å². The Bertz CT molecular complexity index is 1030. The number of hydrogen-bond donors (Lipinski definition) is 2. The minimum absolute atomic E-state index is 0.0345. The predicted octanol–water partition coefficient (Wildman–Crippen LogP) is 2.58. The fourth-order valence-electron chi connectivity index (χ4n) is 2.92. The van der Waals surface area contributed by atoms with Gasteiger partial charge in [-0.2, -0.15) is 15.4 Å². The maximum atomic E-state index is 11.5. The van der Waals surface area contributed by atoms with E-state index in [1.165, 1.54) is 20.3 Å². The number of nitrogens with one attached hydrogen (secondary N) is 1.